The number of carboxylic acid groups (broad SMARTS) is 1. The van der Waals surface area contributed by atoms with Crippen molar-refractivity contribution in [2.45, 2.75) is 13.5 Å². The van der Waals surface area contributed by atoms with Crippen molar-refractivity contribution in [2.75, 3.05) is 44.2 Å². The number of piperazine rings is 1. The molecule has 0 saturated carbocycles. The summed E-state index contributed by atoms with van der Waals surface area (Å²) in [5.41, 5.74) is 2.80. The van der Waals surface area contributed by atoms with Crippen LogP contribution in [-0.2, 0) is 11.3 Å². The van der Waals surface area contributed by atoms with Crippen LogP contribution in [0.2, 0.25) is 0 Å². The van der Waals surface area contributed by atoms with Gasteiger partial charge in [0.25, 0.3) is 0 Å². The van der Waals surface area contributed by atoms with Gasteiger partial charge in [-0.15, -0.1) is 0 Å². The minimum Gasteiger partial charge on any atom is -0.480 e. The molecule has 0 aliphatic carbocycles. The molecule has 0 unspecified atom stereocenters. The molecule has 124 valence electrons. The highest BCUT2D eigenvalue weighted by atomic mass is 16.4. The first kappa shape index (κ1) is 15.8. The molecule has 7 nitrogen and oxygen atoms in total. The van der Waals surface area contributed by atoms with Gasteiger partial charge in [-0.05, 0) is 25.1 Å². The smallest absolute Gasteiger partial charge is 0.323 e. The van der Waals surface area contributed by atoms with E-state index < -0.39 is 5.97 Å². The zero-order chi connectivity index (χ0) is 16.4. The van der Waals surface area contributed by atoms with E-state index in [4.69, 9.17) is 10.2 Å². The molecule has 1 aliphatic rings. The van der Waals surface area contributed by atoms with Crippen LogP contribution in [0.1, 0.15) is 5.82 Å². The van der Waals surface area contributed by atoms with Crippen molar-refractivity contribution in [3.8, 4) is 0 Å². The number of rotatable bonds is 5. The molecule has 0 radical (unpaired) electrons. The Morgan fingerprint density at radius 1 is 1.26 bits per heavy atom. The van der Waals surface area contributed by atoms with E-state index in [0.29, 0.717) is 5.82 Å². The van der Waals surface area contributed by atoms with Crippen molar-refractivity contribution in [2.24, 2.45) is 0 Å². The molecule has 1 saturated heterocycles. The first-order valence-electron chi connectivity index (χ1n) is 7.85. The van der Waals surface area contributed by atoms with E-state index in [1.807, 2.05) is 25.1 Å². The molecule has 1 aliphatic heterocycles. The minimum atomic E-state index is -0.864. The third kappa shape index (κ3) is 3.30. The first-order valence-corrected chi connectivity index (χ1v) is 7.85. The number of aliphatic carboxylic acids is 1. The Bertz CT molecular complexity index is 705. The zero-order valence-corrected chi connectivity index (χ0v) is 13.3. The molecule has 0 amide bonds. The van der Waals surface area contributed by atoms with Crippen LogP contribution < -0.4 is 4.90 Å². The number of carbonyl (C=O) groups is 1. The lowest BCUT2D eigenvalue weighted by molar-refractivity contribution is -0.137. The summed E-state index contributed by atoms with van der Waals surface area (Å²) < 4.78 is 1.72. The number of aromatic nitrogens is 2. The number of aliphatic hydroxyl groups is 1. The molecule has 0 bridgehead atoms. The SMILES string of the molecule is Cc1nc2cc(N3CCN(CCO)CC3)ccc2n1CC(=O)O. The van der Waals surface area contributed by atoms with Crippen molar-refractivity contribution < 1.29 is 15.0 Å². The maximum absolute atomic E-state index is 11.0. The molecule has 1 fully saturated rings. The summed E-state index contributed by atoms with van der Waals surface area (Å²) in [5.74, 6) is -0.149. The number of nitrogens with zero attached hydrogens (tertiary/aromatic N) is 4. The Kier molecular flexibility index (Phi) is 4.49. The Morgan fingerprint density at radius 2 is 2.00 bits per heavy atom. The van der Waals surface area contributed by atoms with Crippen molar-refractivity contribution in [1.29, 1.82) is 0 Å². The van der Waals surface area contributed by atoms with Crippen LogP contribution >= 0.6 is 0 Å². The second-order valence-corrected chi connectivity index (χ2v) is 5.86. The summed E-state index contributed by atoms with van der Waals surface area (Å²) in [6.07, 6.45) is 0. The van der Waals surface area contributed by atoms with E-state index in [-0.39, 0.29) is 13.2 Å². The average molecular weight is 318 g/mol. The van der Waals surface area contributed by atoms with Gasteiger partial charge in [0, 0.05) is 38.4 Å². The van der Waals surface area contributed by atoms with Gasteiger partial charge in [0.2, 0.25) is 0 Å². The van der Waals surface area contributed by atoms with Gasteiger partial charge in [0.1, 0.15) is 12.4 Å². The molecule has 0 atom stereocenters. The van der Waals surface area contributed by atoms with E-state index in [0.717, 1.165) is 49.4 Å². The first-order chi connectivity index (χ1) is 11.1. The number of fused-ring (bicyclic) bond motifs is 1. The van der Waals surface area contributed by atoms with Crippen LogP contribution in [-0.4, -0.2) is 70.0 Å². The number of anilines is 1. The highest BCUT2D eigenvalue weighted by Gasteiger charge is 2.18. The van der Waals surface area contributed by atoms with E-state index in [9.17, 15) is 4.79 Å². The van der Waals surface area contributed by atoms with Crippen LogP contribution in [0.3, 0.4) is 0 Å². The van der Waals surface area contributed by atoms with Gasteiger partial charge < -0.3 is 19.7 Å². The van der Waals surface area contributed by atoms with Gasteiger partial charge in [-0.3, -0.25) is 9.69 Å². The predicted octanol–water partition coefficient (Wildman–Crippen LogP) is 0.544. The third-order valence-electron chi connectivity index (χ3n) is 4.37. The van der Waals surface area contributed by atoms with Gasteiger partial charge in [0.15, 0.2) is 0 Å². The van der Waals surface area contributed by atoms with Gasteiger partial charge in [-0.25, -0.2) is 4.98 Å². The lowest BCUT2D eigenvalue weighted by atomic mass is 10.2. The number of hydrogen-bond acceptors (Lipinski definition) is 5. The number of carboxylic acids is 1. The largest absolute Gasteiger partial charge is 0.480 e. The number of aryl methyl sites for hydroxylation is 1. The van der Waals surface area contributed by atoms with E-state index in [1.54, 1.807) is 4.57 Å². The van der Waals surface area contributed by atoms with Crippen molar-refractivity contribution >= 4 is 22.7 Å². The fraction of sp³-hybridized carbons (Fsp3) is 0.500. The van der Waals surface area contributed by atoms with Crippen LogP contribution in [0.5, 0.6) is 0 Å². The third-order valence-corrected chi connectivity index (χ3v) is 4.37. The molecule has 2 aromatic rings. The predicted molar refractivity (Wildman–Crippen MR) is 87.8 cm³/mol. The van der Waals surface area contributed by atoms with E-state index in [1.165, 1.54) is 0 Å². The fourth-order valence-corrected chi connectivity index (χ4v) is 3.14. The molecule has 1 aromatic heterocycles. The minimum absolute atomic E-state index is 0.0679. The van der Waals surface area contributed by atoms with Crippen molar-refractivity contribution in [3.63, 3.8) is 0 Å². The van der Waals surface area contributed by atoms with Crippen LogP contribution in [0.25, 0.3) is 11.0 Å². The zero-order valence-electron chi connectivity index (χ0n) is 13.3. The highest BCUT2D eigenvalue weighted by Crippen LogP contribution is 2.24. The van der Waals surface area contributed by atoms with Gasteiger partial charge >= 0.3 is 5.97 Å². The molecule has 23 heavy (non-hydrogen) atoms. The summed E-state index contributed by atoms with van der Waals surface area (Å²) in [5, 5.41) is 18.0. The number of β-amino-alcohol motifs (C(OH)–C–C–N with tert-alkyl or cyclic N) is 1. The molecule has 7 heteroatoms. The summed E-state index contributed by atoms with van der Waals surface area (Å²) in [6, 6.07) is 6.01. The summed E-state index contributed by atoms with van der Waals surface area (Å²) in [7, 11) is 0. The molecule has 2 N–H and O–H groups in total. The Hall–Kier alpha value is -2.12. The second kappa shape index (κ2) is 6.55. The molecule has 3 rings (SSSR count). The number of benzene rings is 1. The number of aliphatic hydroxyl groups excluding tert-OH is 1. The van der Waals surface area contributed by atoms with Crippen molar-refractivity contribution in [1.82, 2.24) is 14.5 Å². The second-order valence-electron chi connectivity index (χ2n) is 5.86. The maximum Gasteiger partial charge on any atom is 0.323 e. The highest BCUT2D eigenvalue weighted by molar-refractivity contribution is 5.82. The van der Waals surface area contributed by atoms with Crippen LogP contribution in [0, 0.1) is 6.92 Å². The Labute approximate surface area is 134 Å². The maximum atomic E-state index is 11.0. The molecule has 0 spiro atoms. The topological polar surface area (TPSA) is 81.8 Å². The number of hydrogen-bond donors (Lipinski definition) is 2. The molecule has 2 heterocycles. The van der Waals surface area contributed by atoms with Gasteiger partial charge in [-0.2, -0.15) is 0 Å². The van der Waals surface area contributed by atoms with Crippen LogP contribution in [0.15, 0.2) is 18.2 Å². The normalized spacial score (nSPS) is 16.2. The van der Waals surface area contributed by atoms with Crippen LogP contribution in [0.4, 0.5) is 5.69 Å². The standard InChI is InChI=1S/C16H22N4O3/c1-12-17-14-10-13(2-3-15(14)20(12)11-16(22)23)19-6-4-18(5-7-19)8-9-21/h2-3,10,21H,4-9,11H2,1H3,(H,22,23). The quantitative estimate of drug-likeness (QED) is 0.837. The summed E-state index contributed by atoms with van der Waals surface area (Å²) >= 11 is 0. The average Bonchev–Trinajstić information content (AvgIpc) is 2.83. The lowest BCUT2D eigenvalue weighted by Crippen LogP contribution is -2.47. The fourth-order valence-electron chi connectivity index (χ4n) is 3.14. The lowest BCUT2D eigenvalue weighted by Gasteiger charge is -2.35. The monoisotopic (exact) mass is 318 g/mol. The van der Waals surface area contributed by atoms with E-state index >= 15 is 0 Å². The molecular formula is C16H22N4O3. The summed E-state index contributed by atoms with van der Waals surface area (Å²) in [6.45, 7) is 6.40. The number of imidazole rings is 1. The van der Waals surface area contributed by atoms with Gasteiger partial charge in [-0.1, -0.05) is 0 Å². The van der Waals surface area contributed by atoms with Gasteiger partial charge in [0.05, 0.1) is 17.6 Å². The molecule has 1 aromatic carbocycles. The summed E-state index contributed by atoms with van der Waals surface area (Å²) in [4.78, 5) is 20.0. The Morgan fingerprint density at radius 3 is 2.65 bits per heavy atom. The Balaban J connectivity index is 1.80. The molecular weight excluding hydrogens is 296 g/mol. The van der Waals surface area contributed by atoms with E-state index in [2.05, 4.69) is 14.8 Å². The van der Waals surface area contributed by atoms with Crippen molar-refractivity contribution in [3.05, 3.63) is 24.0 Å².